The number of rotatable bonds is 10. The topological polar surface area (TPSA) is 0 Å². The fraction of sp³-hybridized carbons (Fsp3) is 0.273. The van der Waals surface area contributed by atoms with Crippen molar-refractivity contribution < 1.29 is 0 Å². The number of benzene rings is 4. The van der Waals surface area contributed by atoms with Crippen LogP contribution in [-0.4, -0.2) is 24.2 Å². The van der Waals surface area contributed by atoms with Gasteiger partial charge in [0, 0.05) is 0 Å². The van der Waals surface area contributed by atoms with Gasteiger partial charge in [0.25, 0.3) is 0 Å². The van der Waals surface area contributed by atoms with E-state index in [0.29, 0.717) is 22.9 Å². The van der Waals surface area contributed by atoms with E-state index in [1.54, 1.807) is 21.5 Å². The molecule has 2 unspecified atom stereocenters. The van der Waals surface area contributed by atoms with E-state index in [9.17, 15) is 0 Å². The smallest absolute Gasteiger partial charge is 0.0800 e. The Morgan fingerprint density at radius 2 is 0.660 bits per heavy atom. The molecule has 3 heteroatoms. The van der Waals surface area contributed by atoms with Gasteiger partial charge in [0.05, 0.1) is 8.07 Å². The summed E-state index contributed by atoms with van der Waals surface area (Å²) in [5, 5.41) is 9.17. The molecule has 0 aromatic heterocycles. The van der Waals surface area contributed by atoms with Gasteiger partial charge in [-0.25, -0.2) is 0 Å². The van der Waals surface area contributed by atoms with Gasteiger partial charge in [0.1, 0.15) is 16.1 Å². The maximum atomic E-state index is 2.78. The monoisotopic (exact) mass is 664 g/mol. The Bertz CT molecular complexity index is 1600. The lowest BCUT2D eigenvalue weighted by molar-refractivity contribution is 0.725. The number of allylic oxidation sites excluding steroid dienone is 8. The first-order valence-corrected chi connectivity index (χ1v) is 25.7. The average Bonchev–Trinajstić information content (AvgIpc) is 3.77. The highest BCUT2D eigenvalue weighted by atomic mass is 28.3. The summed E-state index contributed by atoms with van der Waals surface area (Å²) in [5.41, 5.74) is 4.30. The van der Waals surface area contributed by atoms with Gasteiger partial charge < -0.3 is 0 Å². The summed E-state index contributed by atoms with van der Waals surface area (Å²) < 4.78 is 0. The quantitative estimate of drug-likeness (QED) is 0.148. The molecular formula is C44H52Si3. The van der Waals surface area contributed by atoms with E-state index in [0.717, 1.165) is 0 Å². The van der Waals surface area contributed by atoms with Gasteiger partial charge in [-0.2, -0.15) is 0 Å². The largest absolute Gasteiger partial charge is 0.145 e. The summed E-state index contributed by atoms with van der Waals surface area (Å²) in [7, 11) is -6.38. The standard InChI is InChI=1S/C44H52Si3/c1-33(2)41-29-39(46(7,35-21-13-9-14-22-35)36-23-15-10-16-24-36)31-43(41)45(5,6)44-32-40(30-42(44)34(3)4)47(8,37-25-17-11-18-26-37)38-27-19-12-20-28-38/h9-34,43-44H,1-8H3. The summed E-state index contributed by atoms with van der Waals surface area (Å²) in [6.07, 6.45) is 10.9. The molecule has 0 radical (unpaired) electrons. The molecule has 2 aliphatic carbocycles. The average molecular weight is 665 g/mol. The molecule has 0 nitrogen and oxygen atoms in total. The molecule has 2 atom stereocenters. The van der Waals surface area contributed by atoms with Crippen LogP contribution in [0.25, 0.3) is 0 Å². The van der Waals surface area contributed by atoms with Crippen molar-refractivity contribution in [3.63, 3.8) is 0 Å². The first-order chi connectivity index (χ1) is 22.5. The molecule has 0 fully saturated rings. The van der Waals surface area contributed by atoms with Crippen LogP contribution < -0.4 is 20.7 Å². The minimum absolute atomic E-state index is 0.501. The first-order valence-electron chi connectivity index (χ1n) is 17.6. The summed E-state index contributed by atoms with van der Waals surface area (Å²) in [6.45, 7) is 20.3. The molecule has 0 saturated carbocycles. The predicted molar refractivity (Wildman–Crippen MR) is 215 cm³/mol. The summed E-state index contributed by atoms with van der Waals surface area (Å²) in [4.78, 5) is 0. The van der Waals surface area contributed by atoms with Crippen molar-refractivity contribution in [2.24, 2.45) is 11.8 Å². The molecule has 0 heterocycles. The molecule has 0 bridgehead atoms. The zero-order valence-corrected chi connectivity index (χ0v) is 32.7. The van der Waals surface area contributed by atoms with E-state index in [2.05, 4.69) is 200 Å². The van der Waals surface area contributed by atoms with Gasteiger partial charge in [0.2, 0.25) is 0 Å². The lowest BCUT2D eigenvalue weighted by Gasteiger charge is -2.39. The van der Waals surface area contributed by atoms with Crippen molar-refractivity contribution in [1.82, 2.24) is 0 Å². The van der Waals surface area contributed by atoms with Crippen molar-refractivity contribution in [2.75, 3.05) is 0 Å². The molecule has 0 spiro atoms. The van der Waals surface area contributed by atoms with E-state index in [4.69, 9.17) is 0 Å². The molecule has 0 amide bonds. The lowest BCUT2D eigenvalue weighted by atomic mass is 10.0. The van der Waals surface area contributed by atoms with Crippen LogP contribution in [0.5, 0.6) is 0 Å². The van der Waals surface area contributed by atoms with E-state index >= 15 is 0 Å². The lowest BCUT2D eigenvalue weighted by Crippen LogP contribution is -2.57. The maximum absolute atomic E-state index is 2.78. The Labute approximate surface area is 287 Å². The van der Waals surface area contributed by atoms with Gasteiger partial charge in [-0.05, 0) is 43.7 Å². The van der Waals surface area contributed by atoms with Gasteiger partial charge in [0.15, 0.2) is 0 Å². The Hall–Kier alpha value is -3.51. The Kier molecular flexibility index (Phi) is 9.37. The van der Waals surface area contributed by atoms with Gasteiger partial charge in [-0.15, -0.1) is 0 Å². The number of hydrogen-bond donors (Lipinski definition) is 0. The van der Waals surface area contributed by atoms with Crippen LogP contribution in [0.1, 0.15) is 27.7 Å². The molecule has 2 aliphatic rings. The third-order valence-electron chi connectivity index (χ3n) is 11.6. The normalized spacial score (nSPS) is 18.7. The second-order valence-electron chi connectivity index (χ2n) is 15.3. The third-order valence-corrected chi connectivity index (χ3v) is 24.6. The van der Waals surface area contributed by atoms with Crippen LogP contribution in [0.2, 0.25) is 37.3 Å². The Morgan fingerprint density at radius 1 is 0.404 bits per heavy atom. The van der Waals surface area contributed by atoms with E-state index < -0.39 is 24.2 Å². The van der Waals surface area contributed by atoms with Crippen LogP contribution in [0, 0.1) is 11.8 Å². The summed E-state index contributed by atoms with van der Waals surface area (Å²) >= 11 is 0. The van der Waals surface area contributed by atoms with Crippen LogP contribution in [-0.2, 0) is 0 Å². The molecule has 4 aromatic carbocycles. The van der Waals surface area contributed by atoms with Crippen molar-refractivity contribution in [1.29, 1.82) is 0 Å². The van der Waals surface area contributed by atoms with Crippen LogP contribution in [0.3, 0.4) is 0 Å². The SMILES string of the molecule is CC(C)C1=CC([Si](C)(c2ccccc2)c2ccccc2)=CC1[Si](C)(C)C1C=C([Si](C)(c2ccccc2)c2ccccc2)C=C1C(C)C. The predicted octanol–water partition coefficient (Wildman–Crippen LogP) is 9.34. The molecule has 4 aromatic rings. The molecule has 0 aliphatic heterocycles. The molecule has 240 valence electrons. The highest BCUT2D eigenvalue weighted by molar-refractivity contribution is 7.08. The zero-order chi connectivity index (χ0) is 33.4. The molecular weight excluding hydrogens is 613 g/mol. The highest BCUT2D eigenvalue weighted by Crippen LogP contribution is 2.53. The second kappa shape index (κ2) is 13.2. The maximum Gasteiger partial charge on any atom is 0.145 e. The second-order valence-corrected chi connectivity index (χ2v) is 28.2. The molecule has 47 heavy (non-hydrogen) atoms. The fourth-order valence-electron chi connectivity index (χ4n) is 8.43. The molecule has 6 rings (SSSR count). The van der Waals surface area contributed by atoms with Crippen LogP contribution in [0.15, 0.2) is 167 Å². The Morgan fingerprint density at radius 3 is 0.894 bits per heavy atom. The van der Waals surface area contributed by atoms with Crippen LogP contribution in [0.4, 0.5) is 0 Å². The van der Waals surface area contributed by atoms with E-state index in [-0.39, 0.29) is 0 Å². The van der Waals surface area contributed by atoms with Gasteiger partial charge >= 0.3 is 0 Å². The Balaban J connectivity index is 1.50. The summed E-state index contributed by atoms with van der Waals surface area (Å²) in [6, 6.07) is 45.5. The van der Waals surface area contributed by atoms with E-state index in [1.165, 1.54) is 20.7 Å². The number of hydrogen-bond acceptors (Lipinski definition) is 0. The summed E-state index contributed by atoms with van der Waals surface area (Å²) in [5.74, 6) is 1.02. The van der Waals surface area contributed by atoms with E-state index in [1.807, 2.05) is 0 Å². The van der Waals surface area contributed by atoms with Crippen LogP contribution >= 0.6 is 0 Å². The van der Waals surface area contributed by atoms with Crippen molar-refractivity contribution in [2.45, 2.75) is 65.0 Å². The van der Waals surface area contributed by atoms with Crippen molar-refractivity contribution in [3.8, 4) is 0 Å². The van der Waals surface area contributed by atoms with Gasteiger partial charge in [-0.1, -0.05) is 221 Å². The van der Waals surface area contributed by atoms with Gasteiger partial charge in [-0.3, -0.25) is 0 Å². The van der Waals surface area contributed by atoms with Crippen molar-refractivity contribution >= 4 is 45.0 Å². The fourth-order valence-corrected chi connectivity index (χ4v) is 20.3. The third kappa shape index (κ3) is 5.92. The minimum atomic E-state index is -2.20. The molecule has 0 N–H and O–H groups in total. The first kappa shape index (κ1) is 33.4. The van der Waals surface area contributed by atoms with Crippen molar-refractivity contribution in [3.05, 3.63) is 167 Å². The zero-order valence-electron chi connectivity index (χ0n) is 29.7. The minimum Gasteiger partial charge on any atom is -0.0800 e. The molecule has 0 saturated heterocycles. The highest BCUT2D eigenvalue weighted by Gasteiger charge is 2.49.